The molecule has 0 aliphatic carbocycles. The number of carbonyl (C=O) groups excluding carboxylic acids is 1. The lowest BCUT2D eigenvalue weighted by Crippen LogP contribution is -2.37. The minimum Gasteiger partial charge on any atom is -0.390 e. The highest BCUT2D eigenvalue weighted by Gasteiger charge is 2.26. The Morgan fingerprint density at radius 3 is 2.69 bits per heavy atom. The molecule has 0 fully saturated rings. The number of benzene rings is 2. The van der Waals surface area contributed by atoms with Gasteiger partial charge in [0, 0.05) is 30.0 Å². The van der Waals surface area contributed by atoms with Crippen molar-refractivity contribution in [2.75, 3.05) is 6.54 Å². The van der Waals surface area contributed by atoms with Crippen LogP contribution in [-0.4, -0.2) is 29.2 Å². The zero-order valence-electron chi connectivity index (χ0n) is 14.5. The average Bonchev–Trinajstić information content (AvgIpc) is 3.11. The fourth-order valence-corrected chi connectivity index (χ4v) is 3.02. The van der Waals surface area contributed by atoms with E-state index in [-0.39, 0.29) is 24.4 Å². The SMILES string of the molecule is CCC(=O)N(Cc1ccccc1F)CC1CC(c2ccc(Cl)cc2)=NO1. The van der Waals surface area contributed by atoms with Crippen molar-refractivity contribution >= 4 is 23.2 Å². The Bertz CT molecular complexity index is 808. The van der Waals surface area contributed by atoms with Crippen molar-refractivity contribution in [1.82, 2.24) is 4.90 Å². The van der Waals surface area contributed by atoms with Crippen LogP contribution in [0.5, 0.6) is 0 Å². The molecule has 1 unspecified atom stereocenters. The Labute approximate surface area is 157 Å². The summed E-state index contributed by atoms with van der Waals surface area (Å²) in [6.45, 7) is 2.37. The summed E-state index contributed by atoms with van der Waals surface area (Å²) in [5.41, 5.74) is 2.26. The fraction of sp³-hybridized carbons (Fsp3) is 0.300. The number of halogens is 2. The van der Waals surface area contributed by atoms with Crippen molar-refractivity contribution in [3.63, 3.8) is 0 Å². The topological polar surface area (TPSA) is 41.9 Å². The van der Waals surface area contributed by atoms with E-state index in [4.69, 9.17) is 16.4 Å². The van der Waals surface area contributed by atoms with Gasteiger partial charge in [0.2, 0.25) is 5.91 Å². The van der Waals surface area contributed by atoms with Crippen molar-refractivity contribution in [2.24, 2.45) is 5.16 Å². The van der Waals surface area contributed by atoms with Crippen LogP contribution >= 0.6 is 11.6 Å². The number of carbonyl (C=O) groups is 1. The van der Waals surface area contributed by atoms with Gasteiger partial charge < -0.3 is 9.74 Å². The van der Waals surface area contributed by atoms with Crippen molar-refractivity contribution in [3.8, 4) is 0 Å². The van der Waals surface area contributed by atoms with E-state index in [1.165, 1.54) is 6.07 Å². The molecule has 1 amide bonds. The quantitative estimate of drug-likeness (QED) is 0.751. The molecule has 136 valence electrons. The first-order valence-electron chi connectivity index (χ1n) is 8.56. The van der Waals surface area contributed by atoms with E-state index in [0.29, 0.717) is 30.0 Å². The Morgan fingerprint density at radius 1 is 1.27 bits per heavy atom. The molecule has 0 radical (unpaired) electrons. The van der Waals surface area contributed by atoms with Crippen LogP contribution in [0.1, 0.15) is 30.9 Å². The fourth-order valence-electron chi connectivity index (χ4n) is 2.90. The first-order chi connectivity index (χ1) is 12.6. The lowest BCUT2D eigenvalue weighted by molar-refractivity contribution is -0.133. The van der Waals surface area contributed by atoms with Crippen LogP contribution in [0.2, 0.25) is 5.02 Å². The van der Waals surface area contributed by atoms with Gasteiger partial charge in [0.05, 0.1) is 12.3 Å². The molecule has 6 heteroatoms. The predicted molar refractivity (Wildman–Crippen MR) is 99.6 cm³/mol. The van der Waals surface area contributed by atoms with Crippen molar-refractivity contribution in [2.45, 2.75) is 32.4 Å². The molecule has 1 atom stereocenters. The largest absolute Gasteiger partial charge is 0.390 e. The van der Waals surface area contributed by atoms with E-state index < -0.39 is 0 Å². The number of nitrogens with zero attached hydrogens (tertiary/aromatic N) is 2. The second-order valence-electron chi connectivity index (χ2n) is 6.20. The van der Waals surface area contributed by atoms with Crippen LogP contribution in [-0.2, 0) is 16.2 Å². The molecule has 3 rings (SSSR count). The first kappa shape index (κ1) is 18.4. The lowest BCUT2D eigenvalue weighted by Gasteiger charge is -2.24. The predicted octanol–water partition coefficient (Wildman–Crippen LogP) is 4.41. The molecule has 0 N–H and O–H groups in total. The third kappa shape index (κ3) is 4.41. The molecule has 1 aliphatic heterocycles. The van der Waals surface area contributed by atoms with E-state index in [9.17, 15) is 9.18 Å². The molecule has 0 aromatic heterocycles. The van der Waals surface area contributed by atoms with Gasteiger partial charge in [0.1, 0.15) is 5.82 Å². The smallest absolute Gasteiger partial charge is 0.222 e. The normalized spacial score (nSPS) is 16.1. The summed E-state index contributed by atoms with van der Waals surface area (Å²) in [6, 6.07) is 13.9. The number of rotatable bonds is 6. The maximum atomic E-state index is 13.9. The van der Waals surface area contributed by atoms with Gasteiger partial charge in [-0.05, 0) is 23.8 Å². The summed E-state index contributed by atoms with van der Waals surface area (Å²) >= 11 is 5.91. The number of amides is 1. The van der Waals surface area contributed by atoms with Gasteiger partial charge in [-0.2, -0.15) is 0 Å². The molecular weight excluding hydrogens is 355 g/mol. The van der Waals surface area contributed by atoms with E-state index in [2.05, 4.69) is 5.16 Å². The van der Waals surface area contributed by atoms with Crippen LogP contribution in [0.4, 0.5) is 4.39 Å². The van der Waals surface area contributed by atoms with Crippen LogP contribution in [0, 0.1) is 5.82 Å². The average molecular weight is 375 g/mol. The van der Waals surface area contributed by atoms with Crippen molar-refractivity contribution < 1.29 is 14.0 Å². The highest BCUT2D eigenvalue weighted by molar-refractivity contribution is 6.30. The van der Waals surface area contributed by atoms with E-state index in [1.807, 2.05) is 12.1 Å². The molecule has 4 nitrogen and oxygen atoms in total. The van der Waals surface area contributed by atoms with Crippen LogP contribution in [0.25, 0.3) is 0 Å². The lowest BCUT2D eigenvalue weighted by atomic mass is 10.0. The molecule has 0 saturated heterocycles. The molecule has 26 heavy (non-hydrogen) atoms. The standard InChI is InChI=1S/C20H20ClFN2O2/c1-2-20(25)24(12-15-5-3-4-6-18(15)22)13-17-11-19(23-26-17)14-7-9-16(21)10-8-14/h3-10,17H,2,11-13H2,1H3. The van der Waals surface area contributed by atoms with Crippen LogP contribution < -0.4 is 0 Å². The van der Waals surface area contributed by atoms with Gasteiger partial charge in [-0.3, -0.25) is 4.79 Å². The minimum absolute atomic E-state index is 0.0446. The van der Waals surface area contributed by atoms with Gasteiger partial charge in [0.25, 0.3) is 0 Å². The van der Waals surface area contributed by atoms with Gasteiger partial charge in [0.15, 0.2) is 6.10 Å². The third-order valence-electron chi connectivity index (χ3n) is 4.31. The monoisotopic (exact) mass is 374 g/mol. The van der Waals surface area contributed by atoms with E-state index in [1.54, 1.807) is 42.2 Å². The van der Waals surface area contributed by atoms with Gasteiger partial charge in [-0.1, -0.05) is 54.0 Å². The molecule has 2 aromatic rings. The van der Waals surface area contributed by atoms with Gasteiger partial charge >= 0.3 is 0 Å². The molecule has 0 bridgehead atoms. The van der Waals surface area contributed by atoms with Crippen molar-refractivity contribution in [1.29, 1.82) is 0 Å². The summed E-state index contributed by atoms with van der Waals surface area (Å²) in [5, 5.41) is 4.80. The molecule has 1 heterocycles. The first-order valence-corrected chi connectivity index (χ1v) is 8.94. The second-order valence-corrected chi connectivity index (χ2v) is 6.63. The summed E-state index contributed by atoms with van der Waals surface area (Å²) in [4.78, 5) is 19.4. The zero-order chi connectivity index (χ0) is 18.5. The van der Waals surface area contributed by atoms with Crippen LogP contribution in [0.15, 0.2) is 53.7 Å². The zero-order valence-corrected chi connectivity index (χ0v) is 15.2. The van der Waals surface area contributed by atoms with Crippen molar-refractivity contribution in [3.05, 3.63) is 70.5 Å². The maximum Gasteiger partial charge on any atom is 0.222 e. The Morgan fingerprint density at radius 2 is 2.00 bits per heavy atom. The summed E-state index contributed by atoms with van der Waals surface area (Å²) < 4.78 is 13.9. The minimum atomic E-state index is -0.313. The number of oxime groups is 1. The Kier molecular flexibility index (Phi) is 5.89. The maximum absolute atomic E-state index is 13.9. The Balaban J connectivity index is 1.66. The number of hydrogen-bond acceptors (Lipinski definition) is 3. The van der Waals surface area contributed by atoms with Crippen LogP contribution in [0.3, 0.4) is 0 Å². The summed E-state index contributed by atoms with van der Waals surface area (Å²) in [5.74, 6) is -0.358. The van der Waals surface area contributed by atoms with Gasteiger partial charge in [-0.25, -0.2) is 4.39 Å². The molecule has 2 aromatic carbocycles. The highest BCUT2D eigenvalue weighted by Crippen LogP contribution is 2.21. The second kappa shape index (κ2) is 8.32. The molecule has 0 spiro atoms. The summed E-state index contributed by atoms with van der Waals surface area (Å²) in [7, 11) is 0. The highest BCUT2D eigenvalue weighted by atomic mass is 35.5. The third-order valence-corrected chi connectivity index (χ3v) is 4.56. The Hall–Kier alpha value is -2.40. The van der Waals surface area contributed by atoms with E-state index >= 15 is 0 Å². The molecular formula is C20H20ClFN2O2. The summed E-state index contributed by atoms with van der Waals surface area (Å²) in [6.07, 6.45) is 0.696. The van der Waals surface area contributed by atoms with Gasteiger partial charge in [-0.15, -0.1) is 0 Å². The molecule has 1 aliphatic rings. The molecule has 0 saturated carbocycles. The number of hydrogen-bond donors (Lipinski definition) is 0. The van der Waals surface area contributed by atoms with E-state index in [0.717, 1.165) is 11.3 Å².